The lowest BCUT2D eigenvalue weighted by atomic mass is 9.77. The number of fused-ring (bicyclic) bond motifs is 1. The van der Waals surface area contributed by atoms with Gasteiger partial charge in [0.15, 0.2) is 0 Å². The van der Waals surface area contributed by atoms with Gasteiger partial charge in [-0.25, -0.2) is 4.79 Å². The maximum atomic E-state index is 11.4. The Morgan fingerprint density at radius 3 is 2.86 bits per heavy atom. The number of hydrogen-bond acceptors (Lipinski definition) is 4. The Balaban J connectivity index is 2.49. The van der Waals surface area contributed by atoms with Crippen LogP contribution >= 0.6 is 0 Å². The van der Waals surface area contributed by atoms with Crippen molar-refractivity contribution in [3.8, 4) is 0 Å². The minimum Gasteiger partial charge on any atom is -0.481 e. The van der Waals surface area contributed by atoms with Crippen molar-refractivity contribution < 1.29 is 24.2 Å². The van der Waals surface area contributed by atoms with Gasteiger partial charge in [-0.3, -0.25) is 9.59 Å². The van der Waals surface area contributed by atoms with Gasteiger partial charge in [-0.05, 0) is 13.3 Å². The standard InChI is InChI=1S/C9H8O5/c1-9-4(6(10)11)2-3-5(9)7(12)14-8(9)13/h3-4H,2H2,1H3,(H,10,11)/t4-,9-/m1/s1. The molecule has 0 spiro atoms. The van der Waals surface area contributed by atoms with Gasteiger partial charge in [0.2, 0.25) is 0 Å². The molecule has 2 atom stereocenters. The van der Waals surface area contributed by atoms with Crippen molar-refractivity contribution >= 4 is 17.9 Å². The van der Waals surface area contributed by atoms with E-state index in [-0.39, 0.29) is 12.0 Å². The average molecular weight is 196 g/mol. The van der Waals surface area contributed by atoms with Crippen molar-refractivity contribution in [2.24, 2.45) is 11.3 Å². The van der Waals surface area contributed by atoms with Gasteiger partial charge in [0.1, 0.15) is 5.41 Å². The van der Waals surface area contributed by atoms with Crippen LogP contribution in [0.25, 0.3) is 0 Å². The van der Waals surface area contributed by atoms with Crippen molar-refractivity contribution in [3.05, 3.63) is 11.6 Å². The summed E-state index contributed by atoms with van der Waals surface area (Å²) in [6.45, 7) is 1.44. The first-order valence-corrected chi connectivity index (χ1v) is 4.18. The highest BCUT2D eigenvalue weighted by molar-refractivity contribution is 6.12. The Kier molecular flexibility index (Phi) is 1.55. The molecule has 1 aliphatic heterocycles. The number of ether oxygens (including phenoxy) is 1. The van der Waals surface area contributed by atoms with Crippen molar-refractivity contribution in [2.45, 2.75) is 13.3 Å². The fourth-order valence-electron chi connectivity index (χ4n) is 2.01. The molecule has 14 heavy (non-hydrogen) atoms. The van der Waals surface area contributed by atoms with Crippen LogP contribution in [0.4, 0.5) is 0 Å². The van der Waals surface area contributed by atoms with E-state index in [9.17, 15) is 14.4 Å². The third kappa shape index (κ3) is 0.814. The van der Waals surface area contributed by atoms with E-state index in [0.29, 0.717) is 0 Å². The van der Waals surface area contributed by atoms with Gasteiger partial charge in [-0.15, -0.1) is 0 Å². The molecule has 0 unspecified atom stereocenters. The Hall–Kier alpha value is -1.65. The van der Waals surface area contributed by atoms with E-state index < -0.39 is 29.2 Å². The highest BCUT2D eigenvalue weighted by atomic mass is 16.6. The molecule has 1 aliphatic carbocycles. The molecule has 5 nitrogen and oxygen atoms in total. The van der Waals surface area contributed by atoms with E-state index in [4.69, 9.17) is 5.11 Å². The lowest BCUT2D eigenvalue weighted by Crippen LogP contribution is -2.35. The van der Waals surface area contributed by atoms with Crippen LogP contribution in [0.5, 0.6) is 0 Å². The molecule has 2 aliphatic rings. The zero-order valence-corrected chi connectivity index (χ0v) is 7.44. The number of cyclic esters (lactones) is 2. The summed E-state index contributed by atoms with van der Waals surface area (Å²) >= 11 is 0. The summed E-state index contributed by atoms with van der Waals surface area (Å²) in [6, 6.07) is 0. The molecule has 0 radical (unpaired) electrons. The number of esters is 2. The Morgan fingerprint density at radius 2 is 2.29 bits per heavy atom. The molecule has 0 aromatic heterocycles. The van der Waals surface area contributed by atoms with Crippen LogP contribution < -0.4 is 0 Å². The second-order valence-corrected chi connectivity index (χ2v) is 3.62. The van der Waals surface area contributed by atoms with E-state index in [1.807, 2.05) is 0 Å². The van der Waals surface area contributed by atoms with Gasteiger partial charge in [0.05, 0.1) is 11.5 Å². The van der Waals surface area contributed by atoms with Crippen LogP contribution in [0.15, 0.2) is 11.6 Å². The molecule has 2 rings (SSSR count). The zero-order chi connectivity index (χ0) is 10.5. The van der Waals surface area contributed by atoms with Crippen molar-refractivity contribution in [1.82, 2.24) is 0 Å². The average Bonchev–Trinajstić information content (AvgIpc) is 2.51. The number of carbonyl (C=O) groups is 3. The van der Waals surface area contributed by atoms with Crippen molar-refractivity contribution in [3.63, 3.8) is 0 Å². The summed E-state index contributed by atoms with van der Waals surface area (Å²) in [7, 11) is 0. The number of carbonyl (C=O) groups excluding carboxylic acids is 2. The van der Waals surface area contributed by atoms with Gasteiger partial charge in [-0.1, -0.05) is 6.08 Å². The number of rotatable bonds is 1. The van der Waals surface area contributed by atoms with Crippen LogP contribution in [-0.2, 0) is 19.1 Å². The summed E-state index contributed by atoms with van der Waals surface area (Å²) in [5.41, 5.74) is -1.09. The molecule has 1 saturated heterocycles. The zero-order valence-electron chi connectivity index (χ0n) is 7.44. The van der Waals surface area contributed by atoms with Crippen LogP contribution in [0.1, 0.15) is 13.3 Å². The molecule has 0 saturated carbocycles. The summed E-state index contributed by atoms with van der Waals surface area (Å²) in [5.74, 6) is -3.42. The van der Waals surface area contributed by atoms with Gasteiger partial charge < -0.3 is 9.84 Å². The number of allylic oxidation sites excluding steroid dienone is 1. The van der Waals surface area contributed by atoms with E-state index >= 15 is 0 Å². The molecule has 1 fully saturated rings. The molecular formula is C9H8O5. The van der Waals surface area contributed by atoms with Crippen molar-refractivity contribution in [2.75, 3.05) is 0 Å². The van der Waals surface area contributed by atoms with Gasteiger partial charge in [0.25, 0.3) is 0 Å². The van der Waals surface area contributed by atoms with Crippen LogP contribution in [0.3, 0.4) is 0 Å². The summed E-state index contributed by atoms with van der Waals surface area (Å²) in [5, 5.41) is 8.88. The summed E-state index contributed by atoms with van der Waals surface area (Å²) in [4.78, 5) is 33.3. The topological polar surface area (TPSA) is 80.7 Å². The van der Waals surface area contributed by atoms with Crippen molar-refractivity contribution in [1.29, 1.82) is 0 Å². The van der Waals surface area contributed by atoms with Gasteiger partial charge in [-0.2, -0.15) is 0 Å². The maximum Gasteiger partial charge on any atom is 0.342 e. The molecule has 0 bridgehead atoms. The second-order valence-electron chi connectivity index (χ2n) is 3.62. The predicted octanol–water partition coefficient (Wildman–Crippen LogP) is 0.107. The molecule has 0 aromatic carbocycles. The molecule has 0 amide bonds. The fraction of sp³-hybridized carbons (Fsp3) is 0.444. The van der Waals surface area contributed by atoms with E-state index in [1.165, 1.54) is 13.0 Å². The second kappa shape index (κ2) is 2.43. The molecule has 5 heteroatoms. The normalized spacial score (nSPS) is 35.2. The minimum absolute atomic E-state index is 0.190. The SMILES string of the molecule is C[C@]12C(=O)OC(=O)C1=CC[C@@H]2C(=O)O. The first-order valence-electron chi connectivity index (χ1n) is 4.18. The van der Waals surface area contributed by atoms with E-state index in [2.05, 4.69) is 4.74 Å². The lowest BCUT2D eigenvalue weighted by Gasteiger charge is -2.20. The molecule has 1 N–H and O–H groups in total. The van der Waals surface area contributed by atoms with Gasteiger partial charge >= 0.3 is 17.9 Å². The Morgan fingerprint density at radius 1 is 1.64 bits per heavy atom. The first-order chi connectivity index (χ1) is 6.48. The Labute approximate surface area is 79.3 Å². The fourth-order valence-corrected chi connectivity index (χ4v) is 2.01. The minimum atomic E-state index is -1.27. The quantitative estimate of drug-likeness (QED) is 0.475. The monoisotopic (exact) mass is 196 g/mol. The highest BCUT2D eigenvalue weighted by Gasteiger charge is 2.59. The highest BCUT2D eigenvalue weighted by Crippen LogP contribution is 2.49. The summed E-state index contributed by atoms with van der Waals surface area (Å²) in [6.07, 6.45) is 1.69. The molecule has 74 valence electrons. The first kappa shape index (κ1) is 8.93. The smallest absolute Gasteiger partial charge is 0.342 e. The van der Waals surface area contributed by atoms with Crippen LogP contribution in [0, 0.1) is 11.3 Å². The van der Waals surface area contributed by atoms with E-state index in [0.717, 1.165) is 0 Å². The van der Waals surface area contributed by atoms with E-state index in [1.54, 1.807) is 0 Å². The molecule has 1 heterocycles. The molecular weight excluding hydrogens is 188 g/mol. The number of hydrogen-bond donors (Lipinski definition) is 1. The van der Waals surface area contributed by atoms with Crippen LogP contribution in [0.2, 0.25) is 0 Å². The third-order valence-electron chi connectivity index (χ3n) is 2.94. The maximum absolute atomic E-state index is 11.4. The lowest BCUT2D eigenvalue weighted by molar-refractivity contribution is -0.160. The third-order valence-corrected chi connectivity index (χ3v) is 2.94. The summed E-state index contributed by atoms with van der Waals surface area (Å²) < 4.78 is 4.40. The number of aliphatic carboxylic acids is 1. The predicted molar refractivity (Wildman–Crippen MR) is 43.0 cm³/mol. The molecule has 0 aromatic rings. The number of carboxylic acid groups (broad SMARTS) is 1. The number of carboxylic acids is 1. The largest absolute Gasteiger partial charge is 0.481 e. The Bertz CT molecular complexity index is 381. The van der Waals surface area contributed by atoms with Gasteiger partial charge in [0, 0.05) is 0 Å². The van der Waals surface area contributed by atoms with Crippen LogP contribution in [-0.4, -0.2) is 23.0 Å².